The molecule has 1 saturated heterocycles. The quantitative estimate of drug-likeness (QED) is 0.285. The second-order valence-electron chi connectivity index (χ2n) is 7.12. The van der Waals surface area contributed by atoms with Crippen molar-refractivity contribution in [3.8, 4) is 0 Å². The standard InChI is InChI=1S/C21H35N3O4/c1-3-26-11-12-27-15-19-6-4-5-18(13-19)14-23-20(22-2)24-16-21(7-9-25)8-10-28-17-21/h4-6,13,25H,3,7-12,14-17H2,1-2H3,(H2,22,23,24). The normalized spacial score (nSPS) is 19.8. The Bertz CT molecular complexity index is 589. The van der Waals surface area contributed by atoms with E-state index in [0.29, 0.717) is 39.6 Å². The number of aliphatic imine (C=N–C) groups is 1. The van der Waals surface area contributed by atoms with Crippen LogP contribution in [0.5, 0.6) is 0 Å². The van der Waals surface area contributed by atoms with Gasteiger partial charge in [-0.3, -0.25) is 4.99 Å². The van der Waals surface area contributed by atoms with Crippen LogP contribution in [-0.2, 0) is 27.4 Å². The van der Waals surface area contributed by atoms with Crippen molar-refractivity contribution in [1.82, 2.24) is 10.6 Å². The van der Waals surface area contributed by atoms with E-state index in [1.54, 1.807) is 7.05 Å². The van der Waals surface area contributed by atoms with Crippen molar-refractivity contribution in [2.75, 3.05) is 53.2 Å². The summed E-state index contributed by atoms with van der Waals surface area (Å²) in [5, 5.41) is 16.1. The van der Waals surface area contributed by atoms with Gasteiger partial charge in [-0.05, 0) is 30.9 Å². The van der Waals surface area contributed by atoms with Gasteiger partial charge in [-0.15, -0.1) is 0 Å². The number of benzene rings is 1. The van der Waals surface area contributed by atoms with Gasteiger partial charge in [-0.25, -0.2) is 0 Å². The van der Waals surface area contributed by atoms with E-state index >= 15 is 0 Å². The Morgan fingerprint density at radius 1 is 1.25 bits per heavy atom. The van der Waals surface area contributed by atoms with E-state index in [2.05, 4.69) is 33.8 Å². The highest BCUT2D eigenvalue weighted by Gasteiger charge is 2.34. The van der Waals surface area contributed by atoms with Crippen molar-refractivity contribution in [1.29, 1.82) is 0 Å². The fourth-order valence-corrected chi connectivity index (χ4v) is 3.27. The van der Waals surface area contributed by atoms with E-state index in [-0.39, 0.29) is 12.0 Å². The second kappa shape index (κ2) is 12.7. The van der Waals surface area contributed by atoms with E-state index in [4.69, 9.17) is 14.2 Å². The molecule has 1 atom stereocenters. The molecule has 0 aliphatic carbocycles. The first-order chi connectivity index (χ1) is 13.7. The molecule has 0 spiro atoms. The van der Waals surface area contributed by atoms with E-state index in [9.17, 15) is 5.11 Å². The summed E-state index contributed by atoms with van der Waals surface area (Å²) in [5.74, 6) is 0.752. The van der Waals surface area contributed by atoms with Crippen LogP contribution in [0.4, 0.5) is 0 Å². The minimum Gasteiger partial charge on any atom is -0.396 e. The van der Waals surface area contributed by atoms with Gasteiger partial charge in [0.15, 0.2) is 5.96 Å². The minimum absolute atomic E-state index is 0.00881. The molecule has 158 valence electrons. The zero-order chi connectivity index (χ0) is 20.1. The topological polar surface area (TPSA) is 84.3 Å². The molecule has 0 saturated carbocycles. The van der Waals surface area contributed by atoms with Crippen molar-refractivity contribution in [2.45, 2.75) is 32.9 Å². The van der Waals surface area contributed by atoms with E-state index in [0.717, 1.165) is 37.5 Å². The molecule has 1 unspecified atom stereocenters. The number of guanidine groups is 1. The van der Waals surface area contributed by atoms with Crippen LogP contribution in [0.25, 0.3) is 0 Å². The van der Waals surface area contributed by atoms with Gasteiger partial charge in [-0.2, -0.15) is 0 Å². The molecule has 1 aromatic rings. The zero-order valence-corrected chi connectivity index (χ0v) is 17.2. The van der Waals surface area contributed by atoms with Crippen molar-refractivity contribution >= 4 is 5.96 Å². The molecule has 28 heavy (non-hydrogen) atoms. The lowest BCUT2D eigenvalue weighted by Gasteiger charge is -2.27. The molecule has 1 aliphatic rings. The van der Waals surface area contributed by atoms with Crippen LogP contribution in [0.2, 0.25) is 0 Å². The Labute approximate surface area is 168 Å². The number of ether oxygens (including phenoxy) is 3. The molecule has 1 heterocycles. The third-order valence-corrected chi connectivity index (χ3v) is 4.98. The highest BCUT2D eigenvalue weighted by atomic mass is 16.5. The Balaban J connectivity index is 1.77. The largest absolute Gasteiger partial charge is 0.396 e. The molecule has 0 bridgehead atoms. The van der Waals surface area contributed by atoms with E-state index < -0.39 is 0 Å². The summed E-state index contributed by atoms with van der Waals surface area (Å²) in [4.78, 5) is 4.31. The molecule has 0 radical (unpaired) electrons. The monoisotopic (exact) mass is 393 g/mol. The van der Waals surface area contributed by atoms with Crippen LogP contribution in [0.1, 0.15) is 30.9 Å². The molecule has 1 aliphatic heterocycles. The molecule has 1 fully saturated rings. The fraction of sp³-hybridized carbons (Fsp3) is 0.667. The molecule has 2 rings (SSSR count). The summed E-state index contributed by atoms with van der Waals surface area (Å²) >= 11 is 0. The SMILES string of the molecule is CCOCCOCc1cccc(CNC(=NC)NCC2(CCO)CCOC2)c1. The summed E-state index contributed by atoms with van der Waals surface area (Å²) in [6.07, 6.45) is 1.70. The Morgan fingerprint density at radius 2 is 2.07 bits per heavy atom. The summed E-state index contributed by atoms with van der Waals surface area (Å²) < 4.78 is 16.5. The summed E-state index contributed by atoms with van der Waals surface area (Å²) in [5.41, 5.74) is 2.30. The molecular weight excluding hydrogens is 358 g/mol. The Hall–Kier alpha value is -1.67. The van der Waals surface area contributed by atoms with Crippen molar-refractivity contribution in [3.05, 3.63) is 35.4 Å². The van der Waals surface area contributed by atoms with Gasteiger partial charge in [0.05, 0.1) is 26.4 Å². The van der Waals surface area contributed by atoms with E-state index in [1.807, 2.05) is 13.0 Å². The molecule has 7 nitrogen and oxygen atoms in total. The van der Waals surface area contributed by atoms with Crippen LogP contribution in [0.3, 0.4) is 0 Å². The van der Waals surface area contributed by atoms with Crippen molar-refractivity contribution in [2.24, 2.45) is 10.4 Å². The maximum atomic E-state index is 9.35. The zero-order valence-electron chi connectivity index (χ0n) is 17.2. The number of rotatable bonds is 12. The minimum atomic E-state index is -0.00881. The molecule has 3 N–H and O–H groups in total. The van der Waals surface area contributed by atoms with Gasteiger partial charge in [0, 0.05) is 45.4 Å². The van der Waals surface area contributed by atoms with Crippen molar-refractivity contribution < 1.29 is 19.3 Å². The summed E-state index contributed by atoms with van der Waals surface area (Å²) in [6.45, 7) is 7.54. The lowest BCUT2D eigenvalue weighted by Crippen LogP contribution is -2.44. The average Bonchev–Trinajstić information content (AvgIpc) is 3.17. The predicted molar refractivity (Wildman–Crippen MR) is 110 cm³/mol. The predicted octanol–water partition coefficient (Wildman–Crippen LogP) is 1.69. The first kappa shape index (κ1) is 22.6. The first-order valence-electron chi connectivity index (χ1n) is 10.1. The second-order valence-corrected chi connectivity index (χ2v) is 7.12. The van der Waals surface area contributed by atoms with Crippen molar-refractivity contribution in [3.63, 3.8) is 0 Å². The van der Waals surface area contributed by atoms with Crippen LogP contribution < -0.4 is 10.6 Å². The van der Waals surface area contributed by atoms with Gasteiger partial charge in [0.2, 0.25) is 0 Å². The lowest BCUT2D eigenvalue weighted by atomic mass is 9.84. The van der Waals surface area contributed by atoms with Crippen LogP contribution in [0.15, 0.2) is 29.3 Å². The number of hydrogen-bond donors (Lipinski definition) is 3. The highest BCUT2D eigenvalue weighted by Crippen LogP contribution is 2.31. The van der Waals surface area contributed by atoms with Gasteiger partial charge >= 0.3 is 0 Å². The molecule has 0 amide bonds. The smallest absolute Gasteiger partial charge is 0.191 e. The Morgan fingerprint density at radius 3 is 2.79 bits per heavy atom. The van der Waals surface area contributed by atoms with Gasteiger partial charge < -0.3 is 30.0 Å². The van der Waals surface area contributed by atoms with Crippen LogP contribution in [0, 0.1) is 5.41 Å². The number of nitrogens with one attached hydrogen (secondary N) is 2. The summed E-state index contributed by atoms with van der Waals surface area (Å²) in [7, 11) is 1.77. The number of hydrogen-bond acceptors (Lipinski definition) is 5. The van der Waals surface area contributed by atoms with E-state index in [1.165, 1.54) is 5.56 Å². The average molecular weight is 394 g/mol. The van der Waals surface area contributed by atoms with Crippen LogP contribution >= 0.6 is 0 Å². The number of nitrogens with zero attached hydrogens (tertiary/aromatic N) is 1. The molecule has 7 heteroatoms. The maximum absolute atomic E-state index is 9.35. The first-order valence-corrected chi connectivity index (χ1v) is 10.1. The molecule has 0 aromatic heterocycles. The summed E-state index contributed by atoms with van der Waals surface area (Å²) in [6, 6.07) is 8.33. The van der Waals surface area contributed by atoms with Gasteiger partial charge in [0.1, 0.15) is 0 Å². The third kappa shape index (κ3) is 7.75. The van der Waals surface area contributed by atoms with Crippen LogP contribution in [-0.4, -0.2) is 64.3 Å². The number of aliphatic hydroxyl groups is 1. The highest BCUT2D eigenvalue weighted by molar-refractivity contribution is 5.79. The maximum Gasteiger partial charge on any atom is 0.191 e. The van der Waals surface area contributed by atoms with Gasteiger partial charge in [0.25, 0.3) is 0 Å². The molecule has 1 aromatic carbocycles. The Kier molecular flexibility index (Phi) is 10.3. The van der Waals surface area contributed by atoms with Gasteiger partial charge in [-0.1, -0.05) is 24.3 Å². The lowest BCUT2D eigenvalue weighted by molar-refractivity contribution is 0.0453. The number of aliphatic hydroxyl groups excluding tert-OH is 1. The molecular formula is C21H35N3O4. The fourth-order valence-electron chi connectivity index (χ4n) is 3.27. The third-order valence-electron chi connectivity index (χ3n) is 4.98.